The predicted octanol–water partition coefficient (Wildman–Crippen LogP) is 2.97. The standard InChI is InChI=1S/C16H18N2O/c1-12-3-5-13(6-4-12)11-18-15-9-7-14(8-10-15)16(19)17-2/h3-10,18H,11H2,1-2H3,(H,17,19). The number of carbonyl (C=O) groups excluding carboxylic acids is 1. The zero-order valence-electron chi connectivity index (χ0n) is 11.2. The number of hydrogen-bond donors (Lipinski definition) is 2. The highest BCUT2D eigenvalue weighted by Crippen LogP contribution is 2.11. The lowest BCUT2D eigenvalue weighted by Gasteiger charge is -2.07. The van der Waals surface area contributed by atoms with Gasteiger partial charge in [0.15, 0.2) is 0 Å². The lowest BCUT2D eigenvalue weighted by atomic mass is 10.1. The minimum atomic E-state index is -0.0647. The highest BCUT2D eigenvalue weighted by atomic mass is 16.1. The fourth-order valence-corrected chi connectivity index (χ4v) is 1.79. The van der Waals surface area contributed by atoms with Gasteiger partial charge in [-0.3, -0.25) is 4.79 Å². The Morgan fingerprint density at radius 3 is 2.21 bits per heavy atom. The topological polar surface area (TPSA) is 41.1 Å². The minimum absolute atomic E-state index is 0.0647. The van der Waals surface area contributed by atoms with E-state index in [1.807, 2.05) is 24.3 Å². The fraction of sp³-hybridized carbons (Fsp3) is 0.188. The summed E-state index contributed by atoms with van der Waals surface area (Å²) in [6.07, 6.45) is 0. The van der Waals surface area contributed by atoms with Crippen LogP contribution < -0.4 is 10.6 Å². The van der Waals surface area contributed by atoms with Crippen molar-refractivity contribution in [1.82, 2.24) is 5.32 Å². The molecule has 0 aliphatic heterocycles. The van der Waals surface area contributed by atoms with Crippen LogP contribution in [0.15, 0.2) is 48.5 Å². The second-order valence-electron chi connectivity index (χ2n) is 4.50. The third-order valence-corrected chi connectivity index (χ3v) is 2.99. The molecular weight excluding hydrogens is 236 g/mol. The number of hydrogen-bond acceptors (Lipinski definition) is 2. The molecule has 0 atom stereocenters. The lowest BCUT2D eigenvalue weighted by molar-refractivity contribution is 0.0963. The smallest absolute Gasteiger partial charge is 0.251 e. The lowest BCUT2D eigenvalue weighted by Crippen LogP contribution is -2.17. The van der Waals surface area contributed by atoms with Gasteiger partial charge in [-0.25, -0.2) is 0 Å². The van der Waals surface area contributed by atoms with Gasteiger partial charge in [0.1, 0.15) is 0 Å². The summed E-state index contributed by atoms with van der Waals surface area (Å²) in [5.41, 5.74) is 4.18. The van der Waals surface area contributed by atoms with Crippen LogP contribution in [0.5, 0.6) is 0 Å². The molecule has 2 aromatic rings. The molecule has 1 amide bonds. The molecule has 0 aromatic heterocycles. The Hall–Kier alpha value is -2.29. The number of anilines is 1. The van der Waals surface area contributed by atoms with Gasteiger partial charge in [-0.05, 0) is 36.8 Å². The zero-order chi connectivity index (χ0) is 13.7. The third kappa shape index (κ3) is 3.58. The maximum absolute atomic E-state index is 11.4. The van der Waals surface area contributed by atoms with Crippen molar-refractivity contribution < 1.29 is 4.79 Å². The Bertz CT molecular complexity index is 544. The molecule has 0 saturated carbocycles. The van der Waals surface area contributed by atoms with E-state index in [1.165, 1.54) is 11.1 Å². The quantitative estimate of drug-likeness (QED) is 0.880. The summed E-state index contributed by atoms with van der Waals surface area (Å²) in [5, 5.41) is 5.94. The summed E-state index contributed by atoms with van der Waals surface area (Å²) in [6.45, 7) is 2.86. The first kappa shape index (κ1) is 13.1. The second kappa shape index (κ2) is 6.05. The largest absolute Gasteiger partial charge is 0.381 e. The van der Waals surface area contributed by atoms with Crippen LogP contribution in [0.25, 0.3) is 0 Å². The first-order valence-electron chi connectivity index (χ1n) is 6.30. The van der Waals surface area contributed by atoms with Gasteiger partial charge in [0.2, 0.25) is 0 Å². The Morgan fingerprint density at radius 1 is 1.00 bits per heavy atom. The molecule has 2 aromatic carbocycles. The van der Waals surface area contributed by atoms with Crippen molar-refractivity contribution in [3.8, 4) is 0 Å². The van der Waals surface area contributed by atoms with Crippen molar-refractivity contribution in [2.75, 3.05) is 12.4 Å². The van der Waals surface area contributed by atoms with E-state index in [1.54, 1.807) is 7.05 Å². The summed E-state index contributed by atoms with van der Waals surface area (Å²) in [5.74, 6) is -0.0647. The molecule has 0 fully saturated rings. The molecule has 0 radical (unpaired) electrons. The molecule has 2 N–H and O–H groups in total. The number of rotatable bonds is 4. The Balaban J connectivity index is 1.96. The van der Waals surface area contributed by atoms with E-state index < -0.39 is 0 Å². The summed E-state index contributed by atoms with van der Waals surface area (Å²) < 4.78 is 0. The van der Waals surface area contributed by atoms with Crippen molar-refractivity contribution in [2.24, 2.45) is 0 Å². The van der Waals surface area contributed by atoms with E-state index in [0.717, 1.165) is 12.2 Å². The first-order valence-corrected chi connectivity index (χ1v) is 6.30. The SMILES string of the molecule is CNC(=O)c1ccc(NCc2ccc(C)cc2)cc1. The highest BCUT2D eigenvalue weighted by molar-refractivity contribution is 5.94. The Kier molecular flexibility index (Phi) is 4.18. The van der Waals surface area contributed by atoms with Crippen molar-refractivity contribution >= 4 is 11.6 Å². The van der Waals surface area contributed by atoms with Crippen LogP contribution in [0.1, 0.15) is 21.5 Å². The van der Waals surface area contributed by atoms with Crippen molar-refractivity contribution in [3.05, 3.63) is 65.2 Å². The molecule has 98 valence electrons. The van der Waals surface area contributed by atoms with Crippen LogP contribution >= 0.6 is 0 Å². The van der Waals surface area contributed by atoms with E-state index >= 15 is 0 Å². The third-order valence-electron chi connectivity index (χ3n) is 2.99. The van der Waals surface area contributed by atoms with Gasteiger partial charge >= 0.3 is 0 Å². The van der Waals surface area contributed by atoms with E-state index in [9.17, 15) is 4.79 Å². The summed E-state index contributed by atoms with van der Waals surface area (Å²) >= 11 is 0. The molecule has 0 unspecified atom stereocenters. The van der Waals surface area contributed by atoms with Crippen LogP contribution in [0.3, 0.4) is 0 Å². The van der Waals surface area contributed by atoms with E-state index in [2.05, 4.69) is 41.8 Å². The fourth-order valence-electron chi connectivity index (χ4n) is 1.79. The summed E-state index contributed by atoms with van der Waals surface area (Å²) in [6, 6.07) is 15.9. The van der Waals surface area contributed by atoms with Gasteiger partial charge in [-0.15, -0.1) is 0 Å². The van der Waals surface area contributed by atoms with Gasteiger partial charge in [0.25, 0.3) is 5.91 Å². The van der Waals surface area contributed by atoms with Crippen LogP contribution in [-0.2, 0) is 6.54 Å². The number of nitrogens with one attached hydrogen (secondary N) is 2. The van der Waals surface area contributed by atoms with Gasteiger partial charge in [-0.1, -0.05) is 29.8 Å². The maximum atomic E-state index is 11.4. The van der Waals surface area contributed by atoms with Crippen LogP contribution in [0, 0.1) is 6.92 Å². The molecule has 3 nitrogen and oxygen atoms in total. The summed E-state index contributed by atoms with van der Waals surface area (Å²) in [4.78, 5) is 11.4. The molecule has 0 aliphatic rings. The molecule has 0 saturated heterocycles. The van der Waals surface area contributed by atoms with Crippen LogP contribution in [0.4, 0.5) is 5.69 Å². The van der Waals surface area contributed by atoms with Gasteiger partial charge in [0, 0.05) is 24.8 Å². The Morgan fingerprint density at radius 2 is 1.63 bits per heavy atom. The van der Waals surface area contributed by atoms with Gasteiger partial charge < -0.3 is 10.6 Å². The van der Waals surface area contributed by atoms with Crippen molar-refractivity contribution in [3.63, 3.8) is 0 Å². The normalized spacial score (nSPS) is 10.0. The molecule has 0 bridgehead atoms. The number of carbonyl (C=O) groups is 1. The monoisotopic (exact) mass is 254 g/mol. The average Bonchev–Trinajstić information content (AvgIpc) is 2.46. The average molecular weight is 254 g/mol. The number of aryl methyl sites for hydroxylation is 1. The maximum Gasteiger partial charge on any atom is 0.251 e. The zero-order valence-corrected chi connectivity index (χ0v) is 11.2. The minimum Gasteiger partial charge on any atom is -0.381 e. The van der Waals surface area contributed by atoms with Crippen LogP contribution in [-0.4, -0.2) is 13.0 Å². The Labute approximate surface area is 113 Å². The molecule has 3 heteroatoms. The first-order chi connectivity index (χ1) is 9.19. The van der Waals surface area contributed by atoms with E-state index in [4.69, 9.17) is 0 Å². The van der Waals surface area contributed by atoms with Crippen molar-refractivity contribution in [2.45, 2.75) is 13.5 Å². The van der Waals surface area contributed by atoms with Crippen molar-refractivity contribution in [1.29, 1.82) is 0 Å². The number of amides is 1. The van der Waals surface area contributed by atoms with E-state index in [0.29, 0.717) is 5.56 Å². The number of benzene rings is 2. The van der Waals surface area contributed by atoms with Gasteiger partial charge in [-0.2, -0.15) is 0 Å². The van der Waals surface area contributed by atoms with Gasteiger partial charge in [0.05, 0.1) is 0 Å². The molecule has 2 rings (SSSR count). The van der Waals surface area contributed by atoms with E-state index in [-0.39, 0.29) is 5.91 Å². The van der Waals surface area contributed by atoms with Crippen LogP contribution in [0.2, 0.25) is 0 Å². The molecule has 0 aliphatic carbocycles. The predicted molar refractivity (Wildman–Crippen MR) is 78.3 cm³/mol. The molecule has 0 heterocycles. The molecule has 19 heavy (non-hydrogen) atoms. The second-order valence-corrected chi connectivity index (χ2v) is 4.50. The molecule has 0 spiro atoms. The summed E-state index contributed by atoms with van der Waals surface area (Å²) in [7, 11) is 1.63. The highest BCUT2D eigenvalue weighted by Gasteiger charge is 2.01. The molecular formula is C16H18N2O.